The van der Waals surface area contributed by atoms with E-state index in [-0.39, 0.29) is 11.9 Å². The van der Waals surface area contributed by atoms with Crippen molar-refractivity contribution in [3.8, 4) is 0 Å². The number of hydrogen-bond acceptors (Lipinski definition) is 2. The summed E-state index contributed by atoms with van der Waals surface area (Å²) in [4.78, 5) is 11.9. The van der Waals surface area contributed by atoms with Crippen molar-refractivity contribution in [2.24, 2.45) is 0 Å². The van der Waals surface area contributed by atoms with Gasteiger partial charge in [-0.1, -0.05) is 0 Å². The molecular formula is C13H17ClFNO2. The van der Waals surface area contributed by atoms with Gasteiger partial charge >= 0.3 is 0 Å². The average Bonchev–Trinajstić information content (AvgIpc) is 2.32. The van der Waals surface area contributed by atoms with Crippen LogP contribution in [-0.4, -0.2) is 31.5 Å². The molecule has 100 valence electrons. The van der Waals surface area contributed by atoms with Crippen LogP contribution in [0.15, 0.2) is 18.2 Å². The van der Waals surface area contributed by atoms with Crippen LogP contribution >= 0.6 is 11.6 Å². The van der Waals surface area contributed by atoms with E-state index in [1.807, 2.05) is 0 Å². The molecule has 0 saturated carbocycles. The number of amides is 1. The predicted octanol–water partition coefficient (Wildman–Crippen LogP) is 2.51. The molecule has 1 aromatic rings. The van der Waals surface area contributed by atoms with Gasteiger partial charge in [-0.15, -0.1) is 11.6 Å². The zero-order valence-electron chi connectivity index (χ0n) is 10.5. The highest BCUT2D eigenvalue weighted by molar-refractivity contribution is 6.18. The van der Waals surface area contributed by atoms with Crippen LogP contribution in [0.3, 0.4) is 0 Å². The first-order valence-electron chi connectivity index (χ1n) is 5.69. The van der Waals surface area contributed by atoms with Crippen LogP contribution in [-0.2, 0) is 4.74 Å². The molecule has 3 nitrogen and oxygen atoms in total. The number of alkyl halides is 1. The second kappa shape index (κ2) is 7.34. The van der Waals surface area contributed by atoms with E-state index in [1.165, 1.54) is 12.1 Å². The summed E-state index contributed by atoms with van der Waals surface area (Å²) in [6.45, 7) is 2.25. The molecule has 0 radical (unpaired) electrons. The third kappa shape index (κ3) is 4.63. The van der Waals surface area contributed by atoms with Crippen molar-refractivity contribution in [3.63, 3.8) is 0 Å². The van der Waals surface area contributed by atoms with E-state index in [2.05, 4.69) is 5.32 Å². The highest BCUT2D eigenvalue weighted by Crippen LogP contribution is 2.09. The van der Waals surface area contributed by atoms with Gasteiger partial charge in [-0.2, -0.15) is 0 Å². The van der Waals surface area contributed by atoms with Gasteiger partial charge in [-0.3, -0.25) is 4.79 Å². The predicted molar refractivity (Wildman–Crippen MR) is 69.6 cm³/mol. The van der Waals surface area contributed by atoms with Gasteiger partial charge in [-0.25, -0.2) is 4.39 Å². The maximum Gasteiger partial charge on any atom is 0.251 e. The van der Waals surface area contributed by atoms with Crippen molar-refractivity contribution in [1.29, 1.82) is 0 Å². The Labute approximate surface area is 111 Å². The van der Waals surface area contributed by atoms with E-state index in [0.29, 0.717) is 30.0 Å². The Bertz CT molecular complexity index is 392. The molecule has 0 spiro atoms. The fourth-order valence-corrected chi connectivity index (χ4v) is 1.82. The fraction of sp³-hybridized carbons (Fsp3) is 0.462. The van der Waals surface area contributed by atoms with Crippen LogP contribution in [0, 0.1) is 12.7 Å². The van der Waals surface area contributed by atoms with E-state index >= 15 is 0 Å². The monoisotopic (exact) mass is 273 g/mol. The Balaban J connectivity index is 2.68. The van der Waals surface area contributed by atoms with Crippen LogP contribution in [0.1, 0.15) is 22.3 Å². The van der Waals surface area contributed by atoms with Gasteiger partial charge < -0.3 is 10.1 Å². The minimum Gasteiger partial charge on any atom is -0.385 e. The topological polar surface area (TPSA) is 38.3 Å². The van der Waals surface area contributed by atoms with Gasteiger partial charge in [0.05, 0.1) is 0 Å². The molecule has 0 aliphatic rings. The Kier molecular flexibility index (Phi) is 6.09. The lowest BCUT2D eigenvalue weighted by Crippen LogP contribution is -2.37. The molecular weight excluding hydrogens is 257 g/mol. The van der Waals surface area contributed by atoms with Crippen molar-refractivity contribution in [2.75, 3.05) is 19.6 Å². The molecule has 0 bridgehead atoms. The third-order valence-electron chi connectivity index (χ3n) is 2.50. The Morgan fingerprint density at radius 1 is 1.50 bits per heavy atom. The fourth-order valence-electron chi connectivity index (χ4n) is 1.58. The summed E-state index contributed by atoms with van der Waals surface area (Å²) < 4.78 is 18.1. The molecule has 1 amide bonds. The first kappa shape index (κ1) is 14.9. The number of benzene rings is 1. The highest BCUT2D eigenvalue weighted by atomic mass is 35.5. The van der Waals surface area contributed by atoms with Crippen LogP contribution < -0.4 is 5.32 Å². The zero-order valence-corrected chi connectivity index (χ0v) is 11.3. The summed E-state index contributed by atoms with van der Waals surface area (Å²) in [7, 11) is 1.59. The van der Waals surface area contributed by atoms with Gasteiger partial charge in [0.15, 0.2) is 0 Å². The molecule has 5 heteroatoms. The number of carbonyl (C=O) groups excluding carboxylic acids is 1. The molecule has 1 rings (SSSR count). The number of methoxy groups -OCH3 is 1. The average molecular weight is 274 g/mol. The lowest BCUT2D eigenvalue weighted by Gasteiger charge is -2.15. The molecule has 0 aromatic heterocycles. The summed E-state index contributed by atoms with van der Waals surface area (Å²) in [5.41, 5.74) is 1.01. The summed E-state index contributed by atoms with van der Waals surface area (Å²) in [5.74, 6) is -0.442. The Morgan fingerprint density at radius 3 is 2.78 bits per heavy atom. The quantitative estimate of drug-likeness (QED) is 0.809. The van der Waals surface area contributed by atoms with E-state index in [4.69, 9.17) is 16.3 Å². The van der Waals surface area contributed by atoms with E-state index in [1.54, 1.807) is 20.1 Å². The largest absolute Gasteiger partial charge is 0.385 e. The number of ether oxygens (including phenoxy) is 1. The van der Waals surface area contributed by atoms with Crippen molar-refractivity contribution >= 4 is 17.5 Å². The number of hydrogen-bond donors (Lipinski definition) is 1. The van der Waals surface area contributed by atoms with E-state index < -0.39 is 5.82 Å². The summed E-state index contributed by atoms with van der Waals surface area (Å²) >= 11 is 5.75. The molecule has 1 aromatic carbocycles. The van der Waals surface area contributed by atoms with Crippen LogP contribution in [0.25, 0.3) is 0 Å². The highest BCUT2D eigenvalue weighted by Gasteiger charge is 2.13. The molecule has 0 fully saturated rings. The van der Waals surface area contributed by atoms with Crippen molar-refractivity contribution in [2.45, 2.75) is 19.4 Å². The molecule has 0 heterocycles. The first-order valence-corrected chi connectivity index (χ1v) is 6.23. The van der Waals surface area contributed by atoms with Crippen LogP contribution in [0.4, 0.5) is 4.39 Å². The van der Waals surface area contributed by atoms with Gasteiger partial charge in [-0.05, 0) is 37.1 Å². The molecule has 1 unspecified atom stereocenters. The minimum atomic E-state index is -0.417. The SMILES string of the molecule is COCCC(CCl)NC(=O)c1cc(C)cc(F)c1. The molecule has 1 N–H and O–H groups in total. The smallest absolute Gasteiger partial charge is 0.251 e. The maximum absolute atomic E-state index is 13.2. The number of halogens is 2. The van der Waals surface area contributed by atoms with Crippen molar-refractivity contribution in [3.05, 3.63) is 35.1 Å². The Hall–Kier alpha value is -1.13. The number of aryl methyl sites for hydroxylation is 1. The summed E-state index contributed by atoms with van der Waals surface area (Å²) in [5, 5.41) is 2.75. The van der Waals surface area contributed by atoms with Gasteiger partial charge in [0.2, 0.25) is 0 Å². The molecule has 18 heavy (non-hydrogen) atoms. The molecule has 0 aliphatic heterocycles. The lowest BCUT2D eigenvalue weighted by molar-refractivity contribution is 0.0929. The summed E-state index contributed by atoms with van der Waals surface area (Å²) in [6, 6.07) is 4.05. The van der Waals surface area contributed by atoms with E-state index in [9.17, 15) is 9.18 Å². The summed E-state index contributed by atoms with van der Waals surface area (Å²) in [6.07, 6.45) is 0.625. The second-order valence-electron chi connectivity index (χ2n) is 4.12. The van der Waals surface area contributed by atoms with Crippen molar-refractivity contribution < 1.29 is 13.9 Å². The van der Waals surface area contributed by atoms with Crippen LogP contribution in [0.5, 0.6) is 0 Å². The zero-order chi connectivity index (χ0) is 13.5. The van der Waals surface area contributed by atoms with Crippen molar-refractivity contribution in [1.82, 2.24) is 5.32 Å². The van der Waals surface area contributed by atoms with Gasteiger partial charge in [0.25, 0.3) is 5.91 Å². The van der Waals surface area contributed by atoms with Crippen LogP contribution in [0.2, 0.25) is 0 Å². The number of rotatable bonds is 6. The molecule has 0 saturated heterocycles. The van der Waals surface area contributed by atoms with Gasteiger partial charge in [0, 0.05) is 31.2 Å². The normalized spacial score (nSPS) is 12.2. The lowest BCUT2D eigenvalue weighted by atomic mass is 10.1. The molecule has 1 atom stereocenters. The number of carbonyl (C=O) groups is 1. The first-order chi connectivity index (χ1) is 8.56. The van der Waals surface area contributed by atoms with Gasteiger partial charge in [0.1, 0.15) is 5.82 Å². The third-order valence-corrected chi connectivity index (χ3v) is 2.87. The Morgan fingerprint density at radius 2 is 2.22 bits per heavy atom. The maximum atomic E-state index is 13.2. The standard InChI is InChI=1S/C13H17ClFNO2/c1-9-5-10(7-11(15)6-9)13(17)16-12(8-14)3-4-18-2/h5-7,12H,3-4,8H2,1-2H3,(H,16,17). The number of nitrogens with one attached hydrogen (secondary N) is 1. The van der Waals surface area contributed by atoms with E-state index in [0.717, 1.165) is 0 Å². The minimum absolute atomic E-state index is 0.178. The molecule has 0 aliphatic carbocycles. The second-order valence-corrected chi connectivity index (χ2v) is 4.43.